The molecule has 0 saturated heterocycles. The van der Waals surface area contributed by atoms with Crippen molar-refractivity contribution in [3.63, 3.8) is 0 Å². The van der Waals surface area contributed by atoms with Gasteiger partial charge in [-0.3, -0.25) is 4.79 Å². The molecule has 0 unspecified atom stereocenters. The molecule has 5 nitrogen and oxygen atoms in total. The van der Waals surface area contributed by atoms with Gasteiger partial charge in [-0.2, -0.15) is 5.26 Å². The second kappa shape index (κ2) is 6.41. The first-order valence-electron chi connectivity index (χ1n) is 8.41. The lowest BCUT2D eigenvalue weighted by atomic mass is 9.88. The molecule has 0 saturated carbocycles. The number of anilines is 1. The average molecular weight is 354 g/mol. The Labute approximate surface area is 150 Å². The lowest BCUT2D eigenvalue weighted by Gasteiger charge is -2.18. The average Bonchev–Trinajstić information content (AvgIpc) is 2.97. The largest absolute Gasteiger partial charge is 0.486 e. The number of carbonyl (C=O) groups excluding carboxylic acids is 1. The number of carbonyl (C=O) groups is 1. The third kappa shape index (κ3) is 2.96. The minimum Gasteiger partial charge on any atom is -0.486 e. The van der Waals surface area contributed by atoms with Gasteiger partial charge in [0, 0.05) is 10.4 Å². The number of rotatable bonds is 2. The Balaban J connectivity index is 1.60. The summed E-state index contributed by atoms with van der Waals surface area (Å²) in [7, 11) is 0. The molecule has 0 fully saturated rings. The molecule has 1 amide bonds. The summed E-state index contributed by atoms with van der Waals surface area (Å²) in [5.74, 6) is 1.62. The minimum absolute atomic E-state index is 0.236. The molecule has 1 aliphatic heterocycles. The van der Waals surface area contributed by atoms with E-state index in [4.69, 9.17) is 9.47 Å². The van der Waals surface area contributed by atoms with E-state index in [9.17, 15) is 10.1 Å². The van der Waals surface area contributed by atoms with Crippen LogP contribution in [0.2, 0.25) is 0 Å². The molecule has 1 aromatic carbocycles. The van der Waals surface area contributed by atoms with Crippen LogP contribution in [0.15, 0.2) is 18.2 Å². The van der Waals surface area contributed by atoms with Crippen molar-refractivity contribution in [2.45, 2.75) is 26.2 Å². The van der Waals surface area contributed by atoms with Crippen molar-refractivity contribution in [3.05, 3.63) is 39.8 Å². The topological polar surface area (TPSA) is 71.3 Å². The molecule has 2 heterocycles. The number of hydrogen-bond donors (Lipinski definition) is 1. The zero-order valence-electron chi connectivity index (χ0n) is 13.9. The van der Waals surface area contributed by atoms with E-state index in [1.165, 1.54) is 16.2 Å². The van der Waals surface area contributed by atoms with Crippen molar-refractivity contribution < 1.29 is 14.3 Å². The van der Waals surface area contributed by atoms with Crippen molar-refractivity contribution in [3.8, 4) is 17.6 Å². The van der Waals surface area contributed by atoms with Crippen LogP contribution in [0.3, 0.4) is 0 Å². The number of nitrogens with one attached hydrogen (secondary N) is 1. The third-order valence-electron chi connectivity index (χ3n) is 4.65. The Bertz CT molecular complexity index is 882. The number of thiophene rings is 1. The fraction of sp³-hybridized carbons (Fsp3) is 0.368. The Morgan fingerprint density at radius 3 is 2.92 bits per heavy atom. The fourth-order valence-corrected chi connectivity index (χ4v) is 4.67. The normalized spacial score (nSPS) is 18.2. The predicted molar refractivity (Wildman–Crippen MR) is 95.6 cm³/mol. The highest BCUT2D eigenvalue weighted by atomic mass is 32.1. The number of ether oxygens (including phenoxy) is 2. The molecule has 0 bridgehead atoms. The predicted octanol–water partition coefficient (Wildman–Crippen LogP) is 3.77. The van der Waals surface area contributed by atoms with Gasteiger partial charge in [-0.1, -0.05) is 6.92 Å². The summed E-state index contributed by atoms with van der Waals surface area (Å²) in [6, 6.07) is 7.42. The summed E-state index contributed by atoms with van der Waals surface area (Å²) in [6.45, 7) is 3.22. The zero-order valence-corrected chi connectivity index (χ0v) is 14.7. The van der Waals surface area contributed by atoms with Gasteiger partial charge in [0.05, 0.1) is 5.56 Å². The van der Waals surface area contributed by atoms with Crippen LogP contribution in [0.25, 0.3) is 0 Å². The van der Waals surface area contributed by atoms with Crippen LogP contribution in [0.1, 0.15) is 39.7 Å². The maximum atomic E-state index is 12.6. The summed E-state index contributed by atoms with van der Waals surface area (Å²) >= 11 is 1.53. The molecular formula is C19H18N2O3S. The first kappa shape index (κ1) is 16.0. The third-order valence-corrected chi connectivity index (χ3v) is 5.82. The fourth-order valence-electron chi connectivity index (χ4n) is 3.32. The van der Waals surface area contributed by atoms with Crippen LogP contribution in [0.5, 0.6) is 11.5 Å². The lowest BCUT2D eigenvalue weighted by molar-refractivity contribution is 0.102. The maximum Gasteiger partial charge on any atom is 0.256 e. The van der Waals surface area contributed by atoms with Crippen LogP contribution in [0, 0.1) is 17.2 Å². The van der Waals surface area contributed by atoms with Gasteiger partial charge >= 0.3 is 0 Å². The number of benzene rings is 1. The highest BCUT2D eigenvalue weighted by molar-refractivity contribution is 7.16. The SMILES string of the molecule is C[C@@H]1CCc2c(sc(NC(=O)c3ccc4c(c3)OCCO4)c2C#N)C1. The molecule has 0 radical (unpaired) electrons. The quantitative estimate of drug-likeness (QED) is 0.891. The Hall–Kier alpha value is -2.52. The van der Waals surface area contributed by atoms with Gasteiger partial charge in [0.2, 0.25) is 0 Å². The molecular weight excluding hydrogens is 336 g/mol. The molecule has 128 valence electrons. The van der Waals surface area contributed by atoms with Gasteiger partial charge in [-0.05, 0) is 48.9 Å². The summed E-state index contributed by atoms with van der Waals surface area (Å²) in [6.07, 6.45) is 2.98. The molecule has 2 aromatic rings. The number of nitrogens with zero attached hydrogens (tertiary/aromatic N) is 1. The van der Waals surface area contributed by atoms with Crippen molar-refractivity contribution >= 4 is 22.2 Å². The molecule has 1 N–H and O–H groups in total. The monoisotopic (exact) mass is 354 g/mol. The van der Waals surface area contributed by atoms with Crippen molar-refractivity contribution in [2.24, 2.45) is 5.92 Å². The van der Waals surface area contributed by atoms with E-state index in [0.717, 1.165) is 24.8 Å². The standard InChI is InChI=1S/C19H18N2O3S/c1-11-2-4-13-14(10-20)19(25-17(13)8-11)21-18(22)12-3-5-15-16(9-12)24-7-6-23-15/h3,5,9,11H,2,4,6-8H2,1H3,(H,21,22)/t11-/m1/s1. The van der Waals surface area contributed by atoms with Crippen LogP contribution in [-0.4, -0.2) is 19.1 Å². The van der Waals surface area contributed by atoms with Crippen molar-refractivity contribution in [1.82, 2.24) is 0 Å². The highest BCUT2D eigenvalue weighted by Crippen LogP contribution is 2.39. The Kier molecular flexibility index (Phi) is 4.10. The van der Waals surface area contributed by atoms with E-state index < -0.39 is 0 Å². The second-order valence-electron chi connectivity index (χ2n) is 6.48. The van der Waals surface area contributed by atoms with E-state index in [1.807, 2.05) is 0 Å². The van der Waals surface area contributed by atoms with Crippen molar-refractivity contribution in [2.75, 3.05) is 18.5 Å². The second-order valence-corrected chi connectivity index (χ2v) is 7.59. The molecule has 4 rings (SSSR count). The van der Waals surface area contributed by atoms with E-state index in [1.54, 1.807) is 18.2 Å². The van der Waals surface area contributed by atoms with Gasteiger partial charge in [-0.25, -0.2) is 0 Å². The lowest BCUT2D eigenvalue weighted by Crippen LogP contribution is -2.17. The molecule has 1 atom stereocenters. The summed E-state index contributed by atoms with van der Waals surface area (Å²) < 4.78 is 11.0. The van der Waals surface area contributed by atoms with Gasteiger partial charge in [0.1, 0.15) is 24.3 Å². The molecule has 1 aliphatic carbocycles. The highest BCUT2D eigenvalue weighted by Gasteiger charge is 2.25. The van der Waals surface area contributed by atoms with Crippen molar-refractivity contribution in [1.29, 1.82) is 5.26 Å². The van der Waals surface area contributed by atoms with Crippen LogP contribution in [0.4, 0.5) is 5.00 Å². The molecule has 25 heavy (non-hydrogen) atoms. The van der Waals surface area contributed by atoms with Crippen LogP contribution < -0.4 is 14.8 Å². The molecule has 1 aromatic heterocycles. The van der Waals surface area contributed by atoms with Gasteiger partial charge in [-0.15, -0.1) is 11.3 Å². The van der Waals surface area contributed by atoms with E-state index in [-0.39, 0.29) is 5.91 Å². The smallest absolute Gasteiger partial charge is 0.256 e. The van der Waals surface area contributed by atoms with E-state index >= 15 is 0 Å². The van der Waals surface area contributed by atoms with E-state index in [0.29, 0.717) is 46.8 Å². The summed E-state index contributed by atoms with van der Waals surface area (Å²) in [5.41, 5.74) is 2.23. The van der Waals surface area contributed by atoms with Crippen LogP contribution in [-0.2, 0) is 12.8 Å². The summed E-state index contributed by atoms with van der Waals surface area (Å²) in [4.78, 5) is 13.9. The number of nitriles is 1. The number of fused-ring (bicyclic) bond motifs is 2. The molecule has 6 heteroatoms. The van der Waals surface area contributed by atoms with Gasteiger partial charge in [0.15, 0.2) is 11.5 Å². The molecule has 0 spiro atoms. The maximum absolute atomic E-state index is 12.6. The zero-order chi connectivity index (χ0) is 17.4. The summed E-state index contributed by atoms with van der Waals surface area (Å²) in [5, 5.41) is 13.1. The Morgan fingerprint density at radius 2 is 2.12 bits per heavy atom. The van der Waals surface area contributed by atoms with Gasteiger partial charge < -0.3 is 14.8 Å². The Morgan fingerprint density at radius 1 is 1.32 bits per heavy atom. The molecule has 2 aliphatic rings. The van der Waals surface area contributed by atoms with Crippen LogP contribution >= 0.6 is 11.3 Å². The van der Waals surface area contributed by atoms with Gasteiger partial charge in [0.25, 0.3) is 5.91 Å². The van der Waals surface area contributed by atoms with E-state index in [2.05, 4.69) is 18.3 Å². The first-order chi connectivity index (χ1) is 12.2. The minimum atomic E-state index is -0.236. The number of hydrogen-bond acceptors (Lipinski definition) is 5. The number of amides is 1. The first-order valence-corrected chi connectivity index (χ1v) is 9.23.